The number of nitrogens with zero attached hydrogens (tertiary/aromatic N) is 1. The Hall–Kier alpha value is -0.690. The van der Waals surface area contributed by atoms with E-state index in [9.17, 15) is 4.79 Å². The Kier molecular flexibility index (Phi) is 11.7. The van der Waals surface area contributed by atoms with Crippen LogP contribution in [-0.2, 0) is 4.79 Å². The normalized spacial score (nSPS) is 11.0. The van der Waals surface area contributed by atoms with Crippen LogP contribution in [0.4, 0.5) is 0 Å². The van der Waals surface area contributed by atoms with Crippen molar-refractivity contribution in [3.05, 3.63) is 23.8 Å². The maximum atomic E-state index is 9.61. The van der Waals surface area contributed by atoms with Crippen molar-refractivity contribution < 1.29 is 9.90 Å². The van der Waals surface area contributed by atoms with Gasteiger partial charge >= 0.3 is 5.97 Å². The lowest BCUT2D eigenvalue weighted by Gasteiger charge is -1.90. The van der Waals surface area contributed by atoms with Gasteiger partial charge in [-0.1, -0.05) is 24.3 Å². The second-order valence-electron chi connectivity index (χ2n) is 1.88. The number of carboxylic acid groups (broad SMARTS) is 1. The number of halogens is 3. The predicted octanol–water partition coefficient (Wildman–Crippen LogP) is 2.74. The molecule has 1 N–H and O–H groups in total. The molecule has 3 nitrogen and oxygen atoms in total. The Morgan fingerprint density at radius 2 is 2.21 bits per heavy atom. The van der Waals surface area contributed by atoms with Gasteiger partial charge in [-0.15, -0.1) is 23.2 Å². The summed E-state index contributed by atoms with van der Waals surface area (Å²) in [6.45, 7) is 2.91. The Morgan fingerprint density at radius 3 is 2.29 bits per heavy atom. The van der Waals surface area contributed by atoms with Crippen molar-refractivity contribution in [3.8, 4) is 6.07 Å². The fraction of sp³-hybridized carbons (Fsp3) is 0.250. The van der Waals surface area contributed by atoms with Crippen LogP contribution < -0.4 is 0 Å². The predicted molar refractivity (Wildman–Crippen MR) is 57.7 cm³/mol. The van der Waals surface area contributed by atoms with Crippen molar-refractivity contribution in [1.82, 2.24) is 0 Å². The first-order valence-corrected chi connectivity index (χ1v) is 4.69. The summed E-state index contributed by atoms with van der Waals surface area (Å²) in [4.78, 5) is 9.61. The second kappa shape index (κ2) is 10.4. The van der Waals surface area contributed by atoms with Crippen molar-refractivity contribution in [1.29, 1.82) is 5.26 Å². The molecule has 0 rings (SSSR count). The Morgan fingerprint density at radius 1 is 1.71 bits per heavy atom. The highest BCUT2D eigenvalue weighted by Crippen LogP contribution is 2.00. The number of aliphatic carboxylic acids is 1. The van der Waals surface area contributed by atoms with Gasteiger partial charge in [0.25, 0.3) is 0 Å². The molecule has 0 saturated carbocycles. The number of carbonyl (C=O) groups is 1. The fourth-order valence-corrected chi connectivity index (χ4v) is 0.604. The van der Waals surface area contributed by atoms with Gasteiger partial charge in [-0.3, -0.25) is 0 Å². The molecular formula is C8H8Cl3NO2. The van der Waals surface area contributed by atoms with Crippen LogP contribution in [0.2, 0.25) is 0 Å². The molecule has 0 aliphatic carbocycles. The zero-order valence-electron chi connectivity index (χ0n) is 7.08. The average Bonchev–Trinajstić information content (AvgIpc) is 2.17. The third-order valence-electron chi connectivity index (χ3n) is 0.822. The molecule has 1 unspecified atom stereocenters. The van der Waals surface area contributed by atoms with Gasteiger partial charge in [-0.25, -0.2) is 4.79 Å². The van der Waals surface area contributed by atoms with Gasteiger partial charge in [-0.2, -0.15) is 5.26 Å². The molecule has 0 amide bonds. The van der Waals surface area contributed by atoms with E-state index in [0.29, 0.717) is 5.88 Å². The minimum atomic E-state index is -1.26. The summed E-state index contributed by atoms with van der Waals surface area (Å²) >= 11 is 15.9. The first-order chi connectivity index (χ1) is 6.49. The van der Waals surface area contributed by atoms with Crippen molar-refractivity contribution in [2.24, 2.45) is 0 Å². The minimum Gasteiger partial charge on any atom is -0.477 e. The van der Waals surface area contributed by atoms with Gasteiger partial charge in [0.05, 0.1) is 5.38 Å². The summed E-state index contributed by atoms with van der Waals surface area (Å²) in [5, 5.41) is 15.5. The molecule has 0 radical (unpaired) electrons. The quantitative estimate of drug-likeness (QED) is 0.480. The smallest absolute Gasteiger partial charge is 0.345 e. The molecule has 0 aliphatic rings. The maximum Gasteiger partial charge on any atom is 0.345 e. The van der Waals surface area contributed by atoms with E-state index in [-0.39, 0.29) is 5.38 Å². The van der Waals surface area contributed by atoms with E-state index in [2.05, 4.69) is 6.58 Å². The standard InChI is InChI=1S/C4H5Cl3.C4H3NO2/c5-2-1-4(7)3-6;1-3(2-5)4(6)7/h1-2,4H,3H2;1H2,(H,6,7). The first kappa shape index (κ1) is 15.8. The van der Waals surface area contributed by atoms with E-state index in [1.807, 2.05) is 0 Å². The van der Waals surface area contributed by atoms with Gasteiger partial charge < -0.3 is 5.11 Å². The van der Waals surface area contributed by atoms with Crippen LogP contribution in [0.1, 0.15) is 0 Å². The number of nitriles is 1. The summed E-state index contributed by atoms with van der Waals surface area (Å²) in [5.74, 6) is -0.854. The number of hydrogen-bond acceptors (Lipinski definition) is 2. The molecule has 6 heteroatoms. The van der Waals surface area contributed by atoms with Crippen molar-refractivity contribution in [3.63, 3.8) is 0 Å². The van der Waals surface area contributed by atoms with Gasteiger partial charge in [0.2, 0.25) is 0 Å². The Labute approximate surface area is 97.2 Å². The molecular weight excluding hydrogens is 248 g/mol. The van der Waals surface area contributed by atoms with Crippen LogP contribution >= 0.6 is 34.8 Å². The maximum absolute atomic E-state index is 9.61. The largest absolute Gasteiger partial charge is 0.477 e. The van der Waals surface area contributed by atoms with Crippen molar-refractivity contribution in [2.45, 2.75) is 5.38 Å². The van der Waals surface area contributed by atoms with Crippen molar-refractivity contribution in [2.75, 3.05) is 5.88 Å². The molecule has 0 fully saturated rings. The lowest BCUT2D eigenvalue weighted by Crippen LogP contribution is -1.94. The van der Waals surface area contributed by atoms with Crippen LogP contribution in [0.5, 0.6) is 0 Å². The van der Waals surface area contributed by atoms with E-state index in [0.717, 1.165) is 0 Å². The average molecular weight is 257 g/mol. The monoisotopic (exact) mass is 255 g/mol. The third-order valence-corrected chi connectivity index (χ3v) is 1.76. The van der Waals surface area contributed by atoms with E-state index in [1.165, 1.54) is 11.6 Å². The number of rotatable bonds is 3. The molecule has 0 spiro atoms. The molecule has 14 heavy (non-hydrogen) atoms. The van der Waals surface area contributed by atoms with Crippen LogP contribution in [-0.4, -0.2) is 22.3 Å². The zero-order valence-corrected chi connectivity index (χ0v) is 9.35. The SMILES string of the molecule is C=C(C#N)C(=O)O.ClC=CC(Cl)CCl. The summed E-state index contributed by atoms with van der Waals surface area (Å²) in [7, 11) is 0. The van der Waals surface area contributed by atoms with Crippen LogP contribution in [0.15, 0.2) is 23.8 Å². The molecule has 0 bridgehead atoms. The van der Waals surface area contributed by atoms with Gasteiger partial charge in [0.1, 0.15) is 11.6 Å². The molecule has 0 saturated heterocycles. The van der Waals surface area contributed by atoms with Crippen LogP contribution in [0.25, 0.3) is 0 Å². The summed E-state index contributed by atoms with van der Waals surface area (Å²) in [5.41, 5.74) is 0.931. The highest BCUT2D eigenvalue weighted by molar-refractivity contribution is 6.30. The second-order valence-corrected chi connectivity index (χ2v) is 3.01. The van der Waals surface area contributed by atoms with E-state index >= 15 is 0 Å². The number of alkyl halides is 2. The van der Waals surface area contributed by atoms with Gasteiger partial charge in [-0.05, 0) is 0 Å². The Bertz CT molecular complexity index is 258. The summed E-state index contributed by atoms with van der Waals surface area (Å²) in [6.07, 6.45) is 1.62. The third kappa shape index (κ3) is 11.3. The zero-order chi connectivity index (χ0) is 11.6. The molecule has 0 heterocycles. The van der Waals surface area contributed by atoms with Crippen LogP contribution in [0, 0.1) is 11.3 Å². The topological polar surface area (TPSA) is 61.1 Å². The van der Waals surface area contributed by atoms with Crippen LogP contribution in [0.3, 0.4) is 0 Å². The number of hydrogen-bond donors (Lipinski definition) is 1. The number of allylic oxidation sites excluding steroid dienone is 1. The molecule has 0 aromatic carbocycles. The number of carboxylic acids is 1. The highest BCUT2D eigenvalue weighted by atomic mass is 35.5. The van der Waals surface area contributed by atoms with E-state index in [1.54, 1.807) is 6.08 Å². The lowest BCUT2D eigenvalue weighted by atomic mass is 10.4. The fourth-order valence-electron chi connectivity index (χ4n) is 0.178. The van der Waals surface area contributed by atoms with E-state index < -0.39 is 11.5 Å². The molecule has 1 atom stereocenters. The van der Waals surface area contributed by atoms with Gasteiger partial charge in [0.15, 0.2) is 0 Å². The Balaban J connectivity index is 0. The van der Waals surface area contributed by atoms with E-state index in [4.69, 9.17) is 45.2 Å². The molecule has 0 aromatic rings. The molecule has 0 aliphatic heterocycles. The van der Waals surface area contributed by atoms with Crippen molar-refractivity contribution >= 4 is 40.8 Å². The summed E-state index contributed by atoms with van der Waals surface area (Å²) in [6, 6.07) is 1.37. The van der Waals surface area contributed by atoms with Gasteiger partial charge in [0, 0.05) is 11.4 Å². The highest BCUT2D eigenvalue weighted by Gasteiger charge is 1.97. The summed E-state index contributed by atoms with van der Waals surface area (Å²) < 4.78 is 0. The first-order valence-electron chi connectivity index (χ1n) is 3.28. The minimum absolute atomic E-state index is 0.126. The lowest BCUT2D eigenvalue weighted by molar-refractivity contribution is -0.132. The molecule has 78 valence electrons. The molecule has 0 aromatic heterocycles.